The molecule has 0 aliphatic rings. The molecule has 1 N–H and O–H groups in total. The van der Waals surface area contributed by atoms with Crippen molar-refractivity contribution in [3.63, 3.8) is 0 Å². The van der Waals surface area contributed by atoms with E-state index >= 15 is 0 Å². The Labute approximate surface area is 130 Å². The molecule has 7 heteroatoms. The van der Waals surface area contributed by atoms with E-state index in [0.717, 1.165) is 14.6 Å². The van der Waals surface area contributed by atoms with Gasteiger partial charge >= 0.3 is 6.55 Å². The monoisotopic (exact) mass is 359 g/mol. The van der Waals surface area contributed by atoms with Crippen molar-refractivity contribution in [3.05, 3.63) is 46.5 Å². The molecule has 114 valence electrons. The lowest BCUT2D eigenvalue weighted by molar-refractivity contribution is 0.0632. The highest BCUT2D eigenvalue weighted by Crippen LogP contribution is 2.29. The van der Waals surface area contributed by atoms with Crippen LogP contribution in [0, 0.1) is 0 Å². The molecule has 2 aromatic rings. The van der Waals surface area contributed by atoms with Crippen LogP contribution in [0.3, 0.4) is 0 Å². The normalized spacial score (nSPS) is 12.7. The van der Waals surface area contributed by atoms with Crippen molar-refractivity contribution in [2.45, 2.75) is 26.1 Å². The van der Waals surface area contributed by atoms with Gasteiger partial charge in [-0.1, -0.05) is 15.9 Å². The molecule has 1 aromatic carbocycles. The topological polar surface area (TPSA) is 39.1 Å². The number of ether oxygens (including phenoxy) is 1. The molecule has 1 unspecified atom stereocenters. The largest absolute Gasteiger partial charge is 0.485 e. The lowest BCUT2D eigenvalue weighted by Crippen LogP contribution is -2.14. The highest BCUT2D eigenvalue weighted by atomic mass is 79.9. The van der Waals surface area contributed by atoms with Gasteiger partial charge in [0, 0.05) is 28.5 Å². The number of halogens is 3. The van der Waals surface area contributed by atoms with Crippen LogP contribution in [0.1, 0.15) is 30.9 Å². The van der Waals surface area contributed by atoms with E-state index in [1.54, 1.807) is 0 Å². The molecule has 1 heterocycles. The van der Waals surface area contributed by atoms with Gasteiger partial charge in [0.25, 0.3) is 0 Å². The Morgan fingerprint density at radius 3 is 2.86 bits per heavy atom. The maximum absolute atomic E-state index is 12.8. The Hall–Kier alpha value is -1.47. The van der Waals surface area contributed by atoms with Crippen molar-refractivity contribution < 1.29 is 13.5 Å². The summed E-state index contributed by atoms with van der Waals surface area (Å²) in [5.74, 6) is 0.833. The molecule has 0 fully saturated rings. The smallest absolute Gasteiger partial charge is 0.320 e. The SMILES string of the molecule is CNC(C)c1cc(Br)ccc1OCc1nccn1C(F)F. The van der Waals surface area contributed by atoms with Crippen molar-refractivity contribution >= 4 is 15.9 Å². The van der Waals surface area contributed by atoms with Crippen molar-refractivity contribution in [1.82, 2.24) is 14.9 Å². The minimum Gasteiger partial charge on any atom is -0.485 e. The Morgan fingerprint density at radius 1 is 1.43 bits per heavy atom. The number of nitrogens with zero attached hydrogens (tertiary/aromatic N) is 2. The lowest BCUT2D eigenvalue weighted by Gasteiger charge is -2.17. The van der Waals surface area contributed by atoms with Crippen LogP contribution in [0.15, 0.2) is 35.1 Å². The van der Waals surface area contributed by atoms with Crippen molar-refractivity contribution in [2.24, 2.45) is 0 Å². The third-order valence-corrected chi connectivity index (χ3v) is 3.68. The molecule has 0 aliphatic heterocycles. The van der Waals surface area contributed by atoms with Gasteiger partial charge in [0.1, 0.15) is 12.4 Å². The van der Waals surface area contributed by atoms with Gasteiger partial charge in [-0.15, -0.1) is 0 Å². The summed E-state index contributed by atoms with van der Waals surface area (Å²) in [6.45, 7) is -0.636. The van der Waals surface area contributed by atoms with E-state index in [1.807, 2.05) is 32.2 Å². The predicted molar refractivity (Wildman–Crippen MR) is 79.4 cm³/mol. The molecule has 1 atom stereocenters. The summed E-state index contributed by atoms with van der Waals surface area (Å²) >= 11 is 3.42. The highest BCUT2D eigenvalue weighted by Gasteiger charge is 2.14. The highest BCUT2D eigenvalue weighted by molar-refractivity contribution is 9.10. The predicted octanol–water partition coefficient (Wildman–Crippen LogP) is 3.90. The minimum atomic E-state index is -2.62. The second-order valence-corrected chi connectivity index (χ2v) is 5.43. The summed E-state index contributed by atoms with van der Waals surface area (Å²) in [5.41, 5.74) is 0.946. The molecular formula is C14H16BrF2N3O. The zero-order valence-electron chi connectivity index (χ0n) is 11.7. The summed E-state index contributed by atoms with van der Waals surface area (Å²) in [5, 5.41) is 3.13. The van der Waals surface area contributed by atoms with Gasteiger partial charge in [-0.25, -0.2) is 4.98 Å². The summed E-state index contributed by atoms with van der Waals surface area (Å²) in [7, 11) is 1.85. The first-order chi connectivity index (χ1) is 10.0. The van der Waals surface area contributed by atoms with E-state index in [2.05, 4.69) is 26.2 Å². The zero-order valence-corrected chi connectivity index (χ0v) is 13.3. The van der Waals surface area contributed by atoms with Crippen molar-refractivity contribution in [2.75, 3.05) is 7.05 Å². The van der Waals surface area contributed by atoms with Crippen molar-refractivity contribution in [3.8, 4) is 5.75 Å². The van der Waals surface area contributed by atoms with Crippen LogP contribution in [0.25, 0.3) is 0 Å². The number of hydrogen-bond acceptors (Lipinski definition) is 3. The number of aromatic nitrogens is 2. The average Bonchev–Trinajstić information content (AvgIpc) is 2.93. The van der Waals surface area contributed by atoms with Gasteiger partial charge in [-0.2, -0.15) is 8.78 Å². The number of hydrogen-bond donors (Lipinski definition) is 1. The second-order valence-electron chi connectivity index (χ2n) is 4.51. The quantitative estimate of drug-likeness (QED) is 0.849. The molecule has 4 nitrogen and oxygen atoms in total. The van der Waals surface area contributed by atoms with Crippen molar-refractivity contribution in [1.29, 1.82) is 0 Å². The molecule has 1 aromatic heterocycles. The summed E-state index contributed by atoms with van der Waals surface area (Å²) in [6, 6.07) is 5.67. The standard InChI is InChI=1S/C14H16BrF2N3O/c1-9(18-2)11-7-10(15)3-4-12(11)21-8-13-19-5-6-20(13)14(16)17/h3-7,9,14,18H,8H2,1-2H3. The summed E-state index contributed by atoms with van der Waals surface area (Å²) in [4.78, 5) is 3.90. The molecule has 0 saturated heterocycles. The number of rotatable bonds is 6. The van der Waals surface area contributed by atoms with E-state index in [9.17, 15) is 8.78 Å². The van der Waals surface area contributed by atoms with E-state index in [-0.39, 0.29) is 18.5 Å². The molecule has 0 bridgehead atoms. The van der Waals surface area contributed by atoms with Gasteiger partial charge in [-0.05, 0) is 32.2 Å². The fourth-order valence-electron chi connectivity index (χ4n) is 1.92. The van der Waals surface area contributed by atoms with E-state index in [4.69, 9.17) is 4.74 Å². The van der Waals surface area contributed by atoms with Gasteiger partial charge < -0.3 is 10.1 Å². The average molecular weight is 360 g/mol. The van der Waals surface area contributed by atoms with E-state index in [0.29, 0.717) is 5.75 Å². The Morgan fingerprint density at radius 2 is 2.19 bits per heavy atom. The summed E-state index contributed by atoms with van der Waals surface area (Å²) in [6.07, 6.45) is 2.58. The third-order valence-electron chi connectivity index (χ3n) is 3.19. The first-order valence-corrected chi connectivity index (χ1v) is 7.21. The fourth-order valence-corrected chi connectivity index (χ4v) is 2.30. The zero-order chi connectivity index (χ0) is 15.4. The molecule has 0 aliphatic carbocycles. The van der Waals surface area contributed by atoms with E-state index in [1.165, 1.54) is 12.4 Å². The molecule has 0 saturated carbocycles. The van der Waals surface area contributed by atoms with Gasteiger partial charge in [0.15, 0.2) is 5.82 Å². The molecular weight excluding hydrogens is 344 g/mol. The number of imidazole rings is 1. The van der Waals surface area contributed by atoms with Crippen LogP contribution in [-0.4, -0.2) is 16.6 Å². The maximum atomic E-state index is 12.8. The number of alkyl halides is 2. The minimum absolute atomic E-state index is 0.0115. The molecule has 0 amide bonds. The van der Waals surface area contributed by atoms with Crippen LogP contribution in [-0.2, 0) is 6.61 Å². The fraction of sp³-hybridized carbons (Fsp3) is 0.357. The van der Waals surface area contributed by atoms with E-state index < -0.39 is 6.55 Å². The van der Waals surface area contributed by atoms with Crippen LogP contribution in [0.5, 0.6) is 5.75 Å². The van der Waals surface area contributed by atoms with Gasteiger partial charge in [0.2, 0.25) is 0 Å². The Bertz CT molecular complexity index is 604. The molecule has 0 spiro atoms. The molecule has 0 radical (unpaired) electrons. The maximum Gasteiger partial charge on any atom is 0.320 e. The Balaban J connectivity index is 2.18. The van der Waals surface area contributed by atoms with Crippen LogP contribution >= 0.6 is 15.9 Å². The summed E-state index contributed by atoms with van der Waals surface area (Å²) < 4.78 is 32.9. The van der Waals surface area contributed by atoms with Gasteiger partial charge in [0.05, 0.1) is 0 Å². The number of benzene rings is 1. The Kier molecular flexibility index (Phi) is 5.30. The second kappa shape index (κ2) is 7.00. The van der Waals surface area contributed by atoms with Gasteiger partial charge in [-0.3, -0.25) is 4.57 Å². The molecule has 21 heavy (non-hydrogen) atoms. The first kappa shape index (κ1) is 15.9. The lowest BCUT2D eigenvalue weighted by atomic mass is 10.1. The third kappa shape index (κ3) is 3.79. The van der Waals surface area contributed by atoms with Crippen LogP contribution in [0.4, 0.5) is 8.78 Å². The molecule has 2 rings (SSSR count). The van der Waals surface area contributed by atoms with Crippen LogP contribution in [0.2, 0.25) is 0 Å². The number of nitrogens with one attached hydrogen (secondary N) is 1. The first-order valence-electron chi connectivity index (χ1n) is 6.42. The van der Waals surface area contributed by atoms with Crippen LogP contribution < -0.4 is 10.1 Å².